The summed E-state index contributed by atoms with van der Waals surface area (Å²) >= 11 is 0. The monoisotopic (exact) mass is 452 g/mol. The Balaban J connectivity index is 1.79. The van der Waals surface area contributed by atoms with Gasteiger partial charge in [-0.1, -0.05) is 12.1 Å². The molecule has 2 heterocycles. The largest absolute Gasteiger partial charge is 0.469 e. The van der Waals surface area contributed by atoms with E-state index in [9.17, 15) is 19.7 Å². The summed E-state index contributed by atoms with van der Waals surface area (Å²) in [7, 11) is 1.50. The predicted octanol–water partition coefficient (Wildman–Crippen LogP) is 3.74. The van der Waals surface area contributed by atoms with Crippen molar-refractivity contribution in [3.8, 4) is 0 Å². The Morgan fingerprint density at radius 3 is 2.76 bits per heavy atom. The van der Waals surface area contributed by atoms with E-state index in [4.69, 9.17) is 13.9 Å². The van der Waals surface area contributed by atoms with E-state index >= 15 is 0 Å². The number of allylic oxidation sites excluding steroid dienone is 3. The van der Waals surface area contributed by atoms with Crippen LogP contribution in [0.25, 0.3) is 0 Å². The van der Waals surface area contributed by atoms with Crippen molar-refractivity contribution >= 4 is 17.4 Å². The number of esters is 1. The van der Waals surface area contributed by atoms with Crippen molar-refractivity contribution in [3.63, 3.8) is 0 Å². The number of benzene rings is 1. The number of furan rings is 1. The van der Waals surface area contributed by atoms with Crippen molar-refractivity contribution < 1.29 is 28.4 Å². The van der Waals surface area contributed by atoms with E-state index in [1.165, 1.54) is 19.2 Å². The molecule has 2 aliphatic rings. The first kappa shape index (κ1) is 22.5. The Morgan fingerprint density at radius 2 is 2.06 bits per heavy atom. The van der Waals surface area contributed by atoms with Gasteiger partial charge in [0.2, 0.25) is 0 Å². The van der Waals surface area contributed by atoms with Gasteiger partial charge in [-0.15, -0.1) is 0 Å². The summed E-state index contributed by atoms with van der Waals surface area (Å²) in [6, 6.07) is 9.65. The zero-order valence-corrected chi connectivity index (χ0v) is 18.3. The van der Waals surface area contributed by atoms with E-state index in [2.05, 4.69) is 5.32 Å². The van der Waals surface area contributed by atoms with Crippen molar-refractivity contribution in [3.05, 3.63) is 86.6 Å². The minimum Gasteiger partial charge on any atom is -0.469 e. The van der Waals surface area contributed by atoms with Gasteiger partial charge in [0.15, 0.2) is 5.78 Å². The second-order valence-electron chi connectivity index (χ2n) is 8.01. The van der Waals surface area contributed by atoms with Crippen LogP contribution in [0.1, 0.15) is 42.9 Å². The molecule has 0 unspecified atom stereocenters. The Kier molecular flexibility index (Phi) is 6.41. The molecule has 0 amide bonds. The van der Waals surface area contributed by atoms with E-state index in [0.717, 1.165) is 5.76 Å². The zero-order chi connectivity index (χ0) is 23.5. The van der Waals surface area contributed by atoms with Crippen molar-refractivity contribution in [2.24, 2.45) is 0 Å². The third-order valence-electron chi connectivity index (χ3n) is 5.93. The maximum atomic E-state index is 13.4. The molecule has 0 fully saturated rings. The number of nitro benzene ring substituents is 1. The molecule has 9 heteroatoms. The molecule has 9 nitrogen and oxygen atoms in total. The fourth-order valence-corrected chi connectivity index (χ4v) is 4.48. The lowest BCUT2D eigenvalue weighted by Gasteiger charge is -2.36. The fraction of sp³-hybridized carbons (Fsp3) is 0.333. The topological polar surface area (TPSA) is 121 Å². The maximum Gasteiger partial charge on any atom is 0.336 e. The summed E-state index contributed by atoms with van der Waals surface area (Å²) in [5.41, 5.74) is 2.30. The number of dihydropyridines is 1. The quantitative estimate of drug-likeness (QED) is 0.292. The minimum absolute atomic E-state index is 0.0498. The van der Waals surface area contributed by atoms with Gasteiger partial charge in [0.05, 0.1) is 23.4 Å². The number of non-ortho nitro benzene ring substituents is 1. The molecular formula is C24H24N2O7. The highest BCUT2D eigenvalue weighted by atomic mass is 16.6. The first-order valence-corrected chi connectivity index (χ1v) is 10.6. The normalized spacial score (nSPS) is 20.4. The first-order valence-electron chi connectivity index (χ1n) is 10.6. The molecule has 1 aliphatic heterocycles. The molecule has 0 saturated carbocycles. The summed E-state index contributed by atoms with van der Waals surface area (Å²) in [4.78, 5) is 37.4. The van der Waals surface area contributed by atoms with Crippen LogP contribution in [-0.2, 0) is 19.1 Å². The number of rotatable bonds is 7. The lowest BCUT2D eigenvalue weighted by molar-refractivity contribution is -0.384. The van der Waals surface area contributed by atoms with Crippen molar-refractivity contribution in [1.82, 2.24) is 5.32 Å². The lowest BCUT2D eigenvalue weighted by Crippen LogP contribution is -2.36. The fourth-order valence-electron chi connectivity index (χ4n) is 4.48. The number of nitrogens with one attached hydrogen (secondary N) is 1. The molecule has 0 saturated heterocycles. The van der Waals surface area contributed by atoms with Crippen LogP contribution in [0.4, 0.5) is 5.69 Å². The van der Waals surface area contributed by atoms with Crippen molar-refractivity contribution in [1.29, 1.82) is 0 Å². The first-order chi connectivity index (χ1) is 15.9. The second-order valence-corrected chi connectivity index (χ2v) is 8.01. The number of ketones is 1. The molecule has 1 N–H and O–H groups in total. The second kappa shape index (κ2) is 9.41. The average Bonchev–Trinajstić information content (AvgIpc) is 3.33. The van der Waals surface area contributed by atoms with Crippen LogP contribution in [0.5, 0.6) is 0 Å². The molecule has 0 bridgehead atoms. The number of hydrogen-bond donors (Lipinski definition) is 1. The molecule has 0 radical (unpaired) electrons. The third kappa shape index (κ3) is 4.45. The number of nitro groups is 1. The van der Waals surface area contributed by atoms with E-state index in [1.54, 1.807) is 31.4 Å². The van der Waals surface area contributed by atoms with Gasteiger partial charge in [0.25, 0.3) is 5.69 Å². The van der Waals surface area contributed by atoms with Crippen LogP contribution in [0.15, 0.2) is 69.6 Å². The van der Waals surface area contributed by atoms with E-state index in [0.29, 0.717) is 29.0 Å². The molecule has 2 aromatic rings. The lowest BCUT2D eigenvalue weighted by atomic mass is 9.72. The molecule has 2 atom stereocenters. The Labute approximate surface area is 190 Å². The number of hydrogen-bond acceptors (Lipinski definition) is 8. The van der Waals surface area contributed by atoms with E-state index in [-0.39, 0.29) is 42.6 Å². The Bertz CT molecular complexity index is 1150. The Hall–Kier alpha value is -3.72. The van der Waals surface area contributed by atoms with E-state index in [1.807, 2.05) is 6.07 Å². The SMILES string of the molecule is COCCOC(=O)C1=C(C)NC2=C(C(=O)C[C@H](c3ccco3)C2)[C@@H]1c1cccc([N+](=O)[O-])c1. The molecule has 1 aromatic heterocycles. The maximum absolute atomic E-state index is 13.4. The molecule has 4 rings (SSSR count). The van der Waals surface area contributed by atoms with Gasteiger partial charge in [0.1, 0.15) is 12.4 Å². The molecule has 0 spiro atoms. The van der Waals surface area contributed by atoms with Gasteiger partial charge in [0, 0.05) is 54.5 Å². The molecule has 33 heavy (non-hydrogen) atoms. The summed E-state index contributed by atoms with van der Waals surface area (Å²) in [5.74, 6) is -0.929. The number of ether oxygens (including phenoxy) is 2. The van der Waals surface area contributed by atoms with Crippen LogP contribution < -0.4 is 5.32 Å². The highest BCUT2D eigenvalue weighted by molar-refractivity contribution is 6.04. The van der Waals surface area contributed by atoms with Gasteiger partial charge in [-0.3, -0.25) is 14.9 Å². The molecule has 172 valence electrons. The van der Waals surface area contributed by atoms with Gasteiger partial charge in [-0.2, -0.15) is 0 Å². The van der Waals surface area contributed by atoms with Crippen LogP contribution in [0.3, 0.4) is 0 Å². The van der Waals surface area contributed by atoms with Gasteiger partial charge < -0.3 is 19.2 Å². The molecule has 1 aliphatic carbocycles. The summed E-state index contributed by atoms with van der Waals surface area (Å²) in [5, 5.41) is 14.6. The summed E-state index contributed by atoms with van der Waals surface area (Å²) in [6.07, 6.45) is 2.30. The predicted molar refractivity (Wildman–Crippen MR) is 117 cm³/mol. The van der Waals surface area contributed by atoms with Crippen molar-refractivity contribution in [2.75, 3.05) is 20.3 Å². The van der Waals surface area contributed by atoms with Crippen molar-refractivity contribution in [2.45, 2.75) is 31.6 Å². The number of methoxy groups -OCH3 is 1. The van der Waals surface area contributed by atoms with Gasteiger partial charge in [-0.25, -0.2) is 4.79 Å². The van der Waals surface area contributed by atoms with Crippen LogP contribution in [0, 0.1) is 10.1 Å². The minimum atomic E-state index is -0.777. The van der Waals surface area contributed by atoms with Gasteiger partial charge in [-0.05, 0) is 31.0 Å². The highest BCUT2D eigenvalue weighted by Gasteiger charge is 2.42. The van der Waals surface area contributed by atoms with E-state index < -0.39 is 16.8 Å². The zero-order valence-electron chi connectivity index (χ0n) is 18.3. The van der Waals surface area contributed by atoms with Crippen LogP contribution in [-0.4, -0.2) is 37.0 Å². The molecule has 1 aromatic carbocycles. The summed E-state index contributed by atoms with van der Waals surface area (Å²) in [6.45, 7) is 2.01. The van der Waals surface area contributed by atoms with Crippen LogP contribution >= 0.6 is 0 Å². The molecular weight excluding hydrogens is 428 g/mol. The van der Waals surface area contributed by atoms with Crippen LogP contribution in [0.2, 0.25) is 0 Å². The number of carbonyl (C=O) groups is 2. The Morgan fingerprint density at radius 1 is 1.24 bits per heavy atom. The summed E-state index contributed by atoms with van der Waals surface area (Å²) < 4.78 is 15.8. The average molecular weight is 452 g/mol. The highest BCUT2D eigenvalue weighted by Crippen LogP contribution is 2.46. The van der Waals surface area contributed by atoms with Gasteiger partial charge >= 0.3 is 5.97 Å². The number of carbonyl (C=O) groups excluding carboxylic acids is 2. The number of Topliss-reactive ketones (excluding diaryl/α,β-unsaturated/α-hetero) is 1. The number of nitrogens with zero attached hydrogens (tertiary/aromatic N) is 1. The smallest absolute Gasteiger partial charge is 0.336 e. The third-order valence-corrected chi connectivity index (χ3v) is 5.93. The standard InChI is InChI=1S/C24H24N2O7/c1-14-21(24(28)33-10-9-31-2)22(15-5-3-6-17(11-15)26(29)30)23-18(25-14)12-16(13-19(23)27)20-7-4-8-32-20/h3-8,11,16,22,25H,9-10,12-13H2,1-2H3/t16-,22-/m1/s1.